The van der Waals surface area contributed by atoms with E-state index in [4.69, 9.17) is 19.6 Å². The number of hydrogen-bond donors (Lipinski definition) is 1. The van der Waals surface area contributed by atoms with Crippen molar-refractivity contribution in [1.82, 2.24) is 10.1 Å². The summed E-state index contributed by atoms with van der Waals surface area (Å²) in [6.45, 7) is 3.60. The van der Waals surface area contributed by atoms with Crippen LogP contribution in [0.3, 0.4) is 0 Å². The molecule has 0 saturated carbocycles. The molecule has 7 heteroatoms. The molecule has 1 aliphatic heterocycles. The molecule has 7 nitrogen and oxygen atoms in total. The molecule has 2 aromatic carbocycles. The summed E-state index contributed by atoms with van der Waals surface area (Å²) in [5, 5.41) is 23.3. The Morgan fingerprint density at radius 3 is 2.71 bits per heavy atom. The van der Waals surface area contributed by atoms with Gasteiger partial charge in [0.2, 0.25) is 0 Å². The summed E-state index contributed by atoms with van der Waals surface area (Å²) >= 11 is 0. The standard InChI is InChI=1S/C24H25N3O4/c1-16-12-20(30-15-19-4-2-18(14-25)3-5-19)13-21-22(26-31-23(16)21)7-6-17-8-10-27(11-9-17)24(28)29/h2-5,12-13,17H,6-11,15H2,1H3,(H,28,29). The minimum atomic E-state index is -0.829. The summed E-state index contributed by atoms with van der Waals surface area (Å²) in [6.07, 6.45) is 2.71. The number of nitriles is 1. The van der Waals surface area contributed by atoms with E-state index in [-0.39, 0.29) is 0 Å². The molecule has 4 rings (SSSR count). The van der Waals surface area contributed by atoms with E-state index in [1.807, 2.05) is 31.2 Å². The summed E-state index contributed by atoms with van der Waals surface area (Å²) in [6, 6.07) is 13.4. The van der Waals surface area contributed by atoms with Crippen LogP contribution in [-0.4, -0.2) is 34.3 Å². The first-order valence-electron chi connectivity index (χ1n) is 10.5. The Hall–Kier alpha value is -3.53. The number of aryl methyl sites for hydroxylation is 2. The van der Waals surface area contributed by atoms with Crippen LogP contribution < -0.4 is 4.74 Å². The highest BCUT2D eigenvalue weighted by molar-refractivity contribution is 5.84. The fraction of sp³-hybridized carbons (Fsp3) is 0.375. The van der Waals surface area contributed by atoms with Crippen molar-refractivity contribution in [1.29, 1.82) is 5.26 Å². The minimum Gasteiger partial charge on any atom is -0.489 e. The van der Waals surface area contributed by atoms with Crippen molar-refractivity contribution in [2.24, 2.45) is 5.92 Å². The number of ether oxygens (including phenoxy) is 1. The third-order valence-corrected chi connectivity index (χ3v) is 5.97. The highest BCUT2D eigenvalue weighted by Crippen LogP contribution is 2.30. The Morgan fingerprint density at radius 1 is 1.29 bits per heavy atom. The Bertz CT molecular complexity index is 1110. The summed E-state index contributed by atoms with van der Waals surface area (Å²) < 4.78 is 11.6. The maximum absolute atomic E-state index is 11.1. The third kappa shape index (κ3) is 4.80. The third-order valence-electron chi connectivity index (χ3n) is 5.97. The number of piperidine rings is 1. The van der Waals surface area contributed by atoms with Gasteiger partial charge in [-0.3, -0.25) is 0 Å². The fourth-order valence-corrected chi connectivity index (χ4v) is 4.09. The first kappa shape index (κ1) is 20.7. The molecule has 0 aliphatic carbocycles. The van der Waals surface area contributed by atoms with Crippen molar-refractivity contribution in [2.75, 3.05) is 13.1 Å². The number of amides is 1. The zero-order valence-electron chi connectivity index (χ0n) is 17.5. The SMILES string of the molecule is Cc1cc(OCc2ccc(C#N)cc2)cc2c(CCC3CCN(C(=O)O)CC3)noc12. The van der Waals surface area contributed by atoms with Gasteiger partial charge in [-0.05, 0) is 73.9 Å². The number of nitrogens with zero attached hydrogens (tertiary/aromatic N) is 3. The average molecular weight is 419 g/mol. The predicted octanol–water partition coefficient (Wildman–Crippen LogP) is 4.91. The Labute approximate surface area is 180 Å². The molecule has 0 atom stereocenters. The highest BCUT2D eigenvalue weighted by atomic mass is 16.5. The Morgan fingerprint density at radius 2 is 2.03 bits per heavy atom. The van der Waals surface area contributed by atoms with Gasteiger partial charge in [0.05, 0.1) is 17.3 Å². The lowest BCUT2D eigenvalue weighted by atomic mass is 9.91. The zero-order chi connectivity index (χ0) is 21.8. The van der Waals surface area contributed by atoms with Crippen LogP contribution in [0.15, 0.2) is 40.9 Å². The molecule has 1 saturated heterocycles. The van der Waals surface area contributed by atoms with Gasteiger partial charge >= 0.3 is 6.09 Å². The number of aromatic nitrogens is 1. The molecule has 0 radical (unpaired) electrons. The first-order chi connectivity index (χ1) is 15.0. The number of carboxylic acid groups (broad SMARTS) is 1. The lowest BCUT2D eigenvalue weighted by Gasteiger charge is -2.29. The lowest BCUT2D eigenvalue weighted by Crippen LogP contribution is -2.37. The molecule has 0 spiro atoms. The van der Waals surface area contributed by atoms with Gasteiger partial charge in [0.1, 0.15) is 12.4 Å². The van der Waals surface area contributed by atoms with E-state index < -0.39 is 6.09 Å². The molecule has 1 amide bonds. The molecule has 1 N–H and O–H groups in total. The molecule has 160 valence electrons. The molecule has 2 heterocycles. The van der Waals surface area contributed by atoms with Crippen LogP contribution in [0.25, 0.3) is 11.0 Å². The summed E-state index contributed by atoms with van der Waals surface area (Å²) in [4.78, 5) is 12.6. The van der Waals surface area contributed by atoms with E-state index in [1.165, 1.54) is 4.90 Å². The van der Waals surface area contributed by atoms with Crippen LogP contribution in [0, 0.1) is 24.2 Å². The second-order valence-electron chi connectivity index (χ2n) is 8.10. The molecular weight excluding hydrogens is 394 g/mol. The van der Waals surface area contributed by atoms with Gasteiger partial charge in [-0.15, -0.1) is 0 Å². The molecule has 1 aliphatic rings. The van der Waals surface area contributed by atoms with Crippen LogP contribution in [-0.2, 0) is 13.0 Å². The minimum absolute atomic E-state index is 0.416. The second kappa shape index (κ2) is 9.09. The molecule has 1 aromatic heterocycles. The summed E-state index contributed by atoms with van der Waals surface area (Å²) in [5.74, 6) is 1.26. The van der Waals surface area contributed by atoms with Crippen molar-refractivity contribution in [3.8, 4) is 11.8 Å². The summed E-state index contributed by atoms with van der Waals surface area (Å²) in [7, 11) is 0. The Balaban J connectivity index is 1.41. The van der Waals surface area contributed by atoms with E-state index in [0.717, 1.165) is 59.2 Å². The van der Waals surface area contributed by atoms with Gasteiger partial charge in [-0.25, -0.2) is 4.79 Å². The smallest absolute Gasteiger partial charge is 0.407 e. The quantitative estimate of drug-likeness (QED) is 0.609. The predicted molar refractivity (Wildman–Crippen MR) is 115 cm³/mol. The highest BCUT2D eigenvalue weighted by Gasteiger charge is 2.23. The van der Waals surface area contributed by atoms with Crippen molar-refractivity contribution in [2.45, 2.75) is 39.2 Å². The van der Waals surface area contributed by atoms with E-state index in [0.29, 0.717) is 31.2 Å². The summed E-state index contributed by atoms with van der Waals surface area (Å²) in [5.41, 5.74) is 4.30. The Kier molecular flexibility index (Phi) is 6.08. The van der Waals surface area contributed by atoms with Crippen LogP contribution in [0.1, 0.15) is 41.6 Å². The van der Waals surface area contributed by atoms with Gasteiger partial charge in [0, 0.05) is 18.5 Å². The van der Waals surface area contributed by atoms with Crippen LogP contribution >= 0.6 is 0 Å². The van der Waals surface area contributed by atoms with Crippen molar-refractivity contribution < 1.29 is 19.2 Å². The molecule has 1 fully saturated rings. The van der Waals surface area contributed by atoms with Gasteiger partial charge in [-0.1, -0.05) is 17.3 Å². The largest absolute Gasteiger partial charge is 0.489 e. The maximum Gasteiger partial charge on any atom is 0.407 e. The van der Waals surface area contributed by atoms with Crippen molar-refractivity contribution in [3.63, 3.8) is 0 Å². The fourth-order valence-electron chi connectivity index (χ4n) is 4.09. The first-order valence-corrected chi connectivity index (χ1v) is 10.5. The molecule has 0 bridgehead atoms. The van der Waals surface area contributed by atoms with Crippen molar-refractivity contribution in [3.05, 3.63) is 58.8 Å². The number of carbonyl (C=O) groups is 1. The number of benzene rings is 2. The lowest BCUT2D eigenvalue weighted by molar-refractivity contribution is 0.123. The molecular formula is C24H25N3O4. The molecule has 3 aromatic rings. The van der Waals surface area contributed by atoms with Gasteiger partial charge in [-0.2, -0.15) is 5.26 Å². The average Bonchev–Trinajstić information content (AvgIpc) is 3.20. The van der Waals surface area contributed by atoms with Gasteiger partial charge in [0.25, 0.3) is 0 Å². The number of likely N-dealkylation sites (tertiary alicyclic amines) is 1. The molecule has 0 unspecified atom stereocenters. The van der Waals surface area contributed by atoms with E-state index in [1.54, 1.807) is 12.1 Å². The normalized spacial score (nSPS) is 14.5. The van der Waals surface area contributed by atoms with Gasteiger partial charge in [0.15, 0.2) is 5.58 Å². The van der Waals surface area contributed by atoms with Crippen LogP contribution in [0.4, 0.5) is 4.79 Å². The van der Waals surface area contributed by atoms with E-state index >= 15 is 0 Å². The van der Waals surface area contributed by atoms with E-state index in [2.05, 4.69) is 11.2 Å². The zero-order valence-corrected chi connectivity index (χ0v) is 17.5. The van der Waals surface area contributed by atoms with Crippen LogP contribution in [0.5, 0.6) is 5.75 Å². The topological polar surface area (TPSA) is 99.6 Å². The monoisotopic (exact) mass is 419 g/mol. The maximum atomic E-state index is 11.1. The second-order valence-corrected chi connectivity index (χ2v) is 8.10. The van der Waals surface area contributed by atoms with E-state index in [9.17, 15) is 4.79 Å². The number of rotatable bonds is 6. The molecule has 31 heavy (non-hydrogen) atoms. The van der Waals surface area contributed by atoms with Crippen molar-refractivity contribution >= 4 is 17.1 Å². The van der Waals surface area contributed by atoms with Gasteiger partial charge < -0.3 is 19.3 Å². The van der Waals surface area contributed by atoms with Crippen LogP contribution in [0.2, 0.25) is 0 Å². The number of hydrogen-bond acceptors (Lipinski definition) is 5. The number of fused-ring (bicyclic) bond motifs is 1.